The van der Waals surface area contributed by atoms with Crippen LogP contribution in [0.3, 0.4) is 0 Å². The van der Waals surface area contributed by atoms with E-state index in [1.54, 1.807) is 6.92 Å². The lowest BCUT2D eigenvalue weighted by molar-refractivity contribution is 0.122. The average Bonchev–Trinajstić information content (AvgIpc) is 1.79. The van der Waals surface area contributed by atoms with E-state index in [2.05, 4.69) is 0 Å². The van der Waals surface area contributed by atoms with E-state index in [-0.39, 0.29) is 11.7 Å². The lowest BCUT2D eigenvalue weighted by atomic mass is 10.2. The molecule has 1 atom stereocenters. The van der Waals surface area contributed by atoms with Gasteiger partial charge in [-0.25, -0.2) is 8.42 Å². The molecule has 0 aromatic heterocycles. The Kier molecular flexibility index (Phi) is 5.04. The summed E-state index contributed by atoms with van der Waals surface area (Å²) in [5.74, 6) is -0.0494. The van der Waals surface area contributed by atoms with Crippen molar-refractivity contribution in [3.63, 3.8) is 0 Å². The van der Waals surface area contributed by atoms with Gasteiger partial charge in [0.2, 0.25) is 9.05 Å². The van der Waals surface area contributed by atoms with Gasteiger partial charge in [-0.05, 0) is 12.8 Å². The van der Waals surface area contributed by atoms with E-state index >= 15 is 0 Å². The molecule has 0 unspecified atom stereocenters. The largest absolute Gasteiger partial charge is 0.381 e. The van der Waals surface area contributed by atoms with Crippen LogP contribution in [0.5, 0.6) is 0 Å². The molecular formula is C6H13ClO3S. The van der Waals surface area contributed by atoms with Gasteiger partial charge in [0, 0.05) is 17.3 Å². The smallest absolute Gasteiger partial charge is 0.232 e. The minimum Gasteiger partial charge on any atom is -0.381 e. The van der Waals surface area contributed by atoms with Crippen LogP contribution in [0.15, 0.2) is 0 Å². The maximum Gasteiger partial charge on any atom is 0.232 e. The molecule has 68 valence electrons. The highest BCUT2D eigenvalue weighted by atomic mass is 35.7. The van der Waals surface area contributed by atoms with Gasteiger partial charge >= 0.3 is 0 Å². The Morgan fingerprint density at radius 2 is 2.09 bits per heavy atom. The molecule has 0 bridgehead atoms. The van der Waals surface area contributed by atoms with E-state index in [0.29, 0.717) is 13.2 Å². The van der Waals surface area contributed by atoms with Gasteiger partial charge < -0.3 is 4.74 Å². The highest BCUT2D eigenvalue weighted by Crippen LogP contribution is 2.05. The molecular weight excluding hydrogens is 188 g/mol. The average molecular weight is 201 g/mol. The normalized spacial score (nSPS) is 14.8. The van der Waals surface area contributed by atoms with E-state index in [4.69, 9.17) is 15.4 Å². The van der Waals surface area contributed by atoms with E-state index in [9.17, 15) is 8.42 Å². The number of halogens is 1. The third-order valence-corrected chi connectivity index (χ3v) is 2.44. The van der Waals surface area contributed by atoms with Crippen molar-refractivity contribution in [2.75, 3.05) is 19.0 Å². The Morgan fingerprint density at radius 1 is 1.55 bits per heavy atom. The van der Waals surface area contributed by atoms with Crippen LogP contribution in [0.4, 0.5) is 0 Å². The molecule has 3 nitrogen and oxygen atoms in total. The quantitative estimate of drug-likeness (QED) is 0.627. The zero-order valence-corrected chi connectivity index (χ0v) is 8.28. The summed E-state index contributed by atoms with van der Waals surface area (Å²) in [6, 6.07) is 0. The third-order valence-electron chi connectivity index (χ3n) is 1.09. The van der Waals surface area contributed by atoms with Crippen molar-refractivity contribution < 1.29 is 13.2 Å². The number of hydrogen-bond acceptors (Lipinski definition) is 3. The monoisotopic (exact) mass is 200 g/mol. The number of rotatable bonds is 5. The highest BCUT2D eigenvalue weighted by molar-refractivity contribution is 8.13. The SMILES string of the molecule is CCOC[C@H](C)CS(=O)(=O)Cl. The molecule has 0 radical (unpaired) electrons. The lowest BCUT2D eigenvalue weighted by Crippen LogP contribution is -2.14. The van der Waals surface area contributed by atoms with Crippen molar-refractivity contribution in [2.24, 2.45) is 5.92 Å². The Labute approximate surface area is 72.1 Å². The Hall–Kier alpha value is 0.200. The molecule has 0 aliphatic heterocycles. The summed E-state index contributed by atoms with van der Waals surface area (Å²) in [6.07, 6.45) is 0. The van der Waals surface area contributed by atoms with Crippen LogP contribution in [0.25, 0.3) is 0 Å². The summed E-state index contributed by atoms with van der Waals surface area (Å²) in [5, 5.41) is 0. The lowest BCUT2D eigenvalue weighted by Gasteiger charge is -2.07. The van der Waals surface area contributed by atoms with Crippen LogP contribution in [-0.4, -0.2) is 27.4 Å². The highest BCUT2D eigenvalue weighted by Gasteiger charge is 2.11. The van der Waals surface area contributed by atoms with Crippen LogP contribution in [0, 0.1) is 5.92 Å². The summed E-state index contributed by atoms with van der Waals surface area (Å²) in [4.78, 5) is 0. The summed E-state index contributed by atoms with van der Waals surface area (Å²) in [5.41, 5.74) is 0. The van der Waals surface area contributed by atoms with E-state index in [0.717, 1.165) is 0 Å². The molecule has 0 aromatic carbocycles. The van der Waals surface area contributed by atoms with E-state index < -0.39 is 9.05 Å². The molecule has 0 rings (SSSR count). The minimum absolute atomic E-state index is 0.0193. The third kappa shape index (κ3) is 8.10. The molecule has 0 fully saturated rings. The van der Waals surface area contributed by atoms with Crippen molar-refractivity contribution in [2.45, 2.75) is 13.8 Å². The summed E-state index contributed by atoms with van der Waals surface area (Å²) < 4.78 is 26.0. The van der Waals surface area contributed by atoms with Gasteiger partial charge in [-0.15, -0.1) is 0 Å². The van der Waals surface area contributed by atoms with Crippen LogP contribution in [0.2, 0.25) is 0 Å². The second-order valence-electron chi connectivity index (χ2n) is 2.47. The minimum atomic E-state index is -3.36. The van der Waals surface area contributed by atoms with Gasteiger partial charge in [0.25, 0.3) is 0 Å². The van der Waals surface area contributed by atoms with Crippen LogP contribution >= 0.6 is 10.7 Å². The maximum atomic E-state index is 10.5. The molecule has 0 spiro atoms. The topological polar surface area (TPSA) is 43.4 Å². The first-order chi connectivity index (χ1) is 4.95. The first-order valence-corrected chi connectivity index (χ1v) is 5.93. The molecule has 0 aliphatic rings. The van der Waals surface area contributed by atoms with Crippen molar-refractivity contribution >= 4 is 19.7 Å². The summed E-state index contributed by atoms with van der Waals surface area (Å²) in [6.45, 7) is 4.70. The van der Waals surface area contributed by atoms with Crippen molar-refractivity contribution in [1.29, 1.82) is 0 Å². The van der Waals surface area contributed by atoms with Gasteiger partial charge in [-0.2, -0.15) is 0 Å². The zero-order chi connectivity index (χ0) is 8.91. The Balaban J connectivity index is 3.61. The molecule has 0 N–H and O–H groups in total. The molecule has 0 saturated heterocycles. The van der Waals surface area contributed by atoms with Crippen molar-refractivity contribution in [1.82, 2.24) is 0 Å². The number of hydrogen-bond donors (Lipinski definition) is 0. The Bertz CT molecular complexity index is 188. The molecule has 0 aromatic rings. The maximum absolute atomic E-state index is 10.5. The summed E-state index contributed by atoms with van der Waals surface area (Å²) in [7, 11) is 1.66. The molecule has 0 saturated carbocycles. The number of ether oxygens (including phenoxy) is 1. The predicted octanol–water partition coefficient (Wildman–Crippen LogP) is 1.23. The van der Waals surface area contributed by atoms with Crippen molar-refractivity contribution in [3.8, 4) is 0 Å². The van der Waals surface area contributed by atoms with Gasteiger partial charge in [-0.3, -0.25) is 0 Å². The standard InChI is InChI=1S/C6H13ClO3S/c1-3-10-4-6(2)5-11(7,8)9/h6H,3-5H2,1-2H3/t6-/m0/s1. The van der Waals surface area contributed by atoms with Crippen LogP contribution in [0.1, 0.15) is 13.8 Å². The van der Waals surface area contributed by atoms with E-state index in [1.807, 2.05) is 6.92 Å². The molecule has 5 heteroatoms. The van der Waals surface area contributed by atoms with Gasteiger partial charge in [0.05, 0.1) is 12.4 Å². The van der Waals surface area contributed by atoms with Crippen LogP contribution in [-0.2, 0) is 13.8 Å². The van der Waals surface area contributed by atoms with Gasteiger partial charge in [0.15, 0.2) is 0 Å². The fourth-order valence-electron chi connectivity index (χ4n) is 0.707. The predicted molar refractivity (Wildman–Crippen MR) is 45.3 cm³/mol. The second-order valence-corrected chi connectivity index (χ2v) is 5.29. The first kappa shape index (κ1) is 11.2. The van der Waals surface area contributed by atoms with Crippen molar-refractivity contribution in [3.05, 3.63) is 0 Å². The summed E-state index contributed by atoms with van der Waals surface area (Å²) >= 11 is 0. The molecule has 11 heavy (non-hydrogen) atoms. The van der Waals surface area contributed by atoms with Crippen LogP contribution < -0.4 is 0 Å². The zero-order valence-electron chi connectivity index (χ0n) is 6.71. The second kappa shape index (κ2) is 4.95. The Morgan fingerprint density at radius 3 is 2.45 bits per heavy atom. The first-order valence-electron chi connectivity index (χ1n) is 3.45. The molecule has 0 amide bonds. The van der Waals surface area contributed by atoms with E-state index in [1.165, 1.54) is 0 Å². The van der Waals surface area contributed by atoms with Gasteiger partial charge in [0.1, 0.15) is 0 Å². The fraction of sp³-hybridized carbons (Fsp3) is 1.00. The molecule has 0 heterocycles. The van der Waals surface area contributed by atoms with Gasteiger partial charge in [-0.1, -0.05) is 6.92 Å². The fourth-order valence-corrected chi connectivity index (χ4v) is 2.13. The molecule has 0 aliphatic carbocycles.